The lowest BCUT2D eigenvalue weighted by Gasteiger charge is -2.25. The fourth-order valence-corrected chi connectivity index (χ4v) is 4.14. The number of aliphatic hydroxyl groups excluding tert-OH is 1. The third-order valence-electron chi connectivity index (χ3n) is 6.39. The molecule has 0 saturated heterocycles. The van der Waals surface area contributed by atoms with Gasteiger partial charge in [-0.1, -0.05) is 18.2 Å². The number of para-hydroxylation sites is 1. The van der Waals surface area contributed by atoms with Crippen LogP contribution in [0.3, 0.4) is 0 Å². The van der Waals surface area contributed by atoms with Crippen LogP contribution in [-0.2, 0) is 30.4 Å². The van der Waals surface area contributed by atoms with E-state index in [1.54, 1.807) is 6.20 Å². The van der Waals surface area contributed by atoms with E-state index in [1.807, 2.05) is 24.3 Å². The number of carbonyl (C=O) groups is 5. The molecule has 12 N–H and O–H groups in total. The highest BCUT2D eigenvalue weighted by molar-refractivity contribution is 5.94. The molecular weight excluding hydrogens is 522 g/mol. The van der Waals surface area contributed by atoms with Gasteiger partial charge in [-0.05, 0) is 57.2 Å². The second kappa shape index (κ2) is 15.5. The molecule has 5 atom stereocenters. The Morgan fingerprint density at radius 2 is 1.57 bits per heavy atom. The number of nitrogens with one attached hydrogen (secondary N) is 4. The van der Waals surface area contributed by atoms with E-state index in [1.165, 1.54) is 6.92 Å². The maximum absolute atomic E-state index is 13.2. The highest BCUT2D eigenvalue weighted by atomic mass is 16.4. The SMILES string of the molecule is CC(O)C(NC(=O)C(CCCCN)NC(=O)C(CCC(N)=O)NC(=O)C(N)Cc1c[nH]c2ccccc12)C(=O)O. The molecule has 0 aliphatic heterocycles. The second-order valence-electron chi connectivity index (χ2n) is 9.65. The number of carboxylic acids is 1. The monoisotopic (exact) mass is 561 g/mol. The number of H-pyrrole nitrogens is 1. The molecule has 220 valence electrons. The number of unbranched alkanes of at least 4 members (excludes halogenated alkanes) is 1. The number of amides is 4. The minimum absolute atomic E-state index is 0.109. The number of rotatable bonds is 17. The van der Waals surface area contributed by atoms with Crippen LogP contribution >= 0.6 is 0 Å². The summed E-state index contributed by atoms with van der Waals surface area (Å²) in [6.45, 7) is 1.54. The molecule has 0 aliphatic carbocycles. The van der Waals surface area contributed by atoms with Crippen LogP contribution in [0.25, 0.3) is 10.9 Å². The van der Waals surface area contributed by atoms with Crippen molar-refractivity contribution >= 4 is 40.5 Å². The number of fused-ring (bicyclic) bond motifs is 1. The normalized spacial score (nSPS) is 14.9. The Kier molecular flexibility index (Phi) is 12.5. The summed E-state index contributed by atoms with van der Waals surface area (Å²) in [6.07, 6.45) is 1.19. The van der Waals surface area contributed by atoms with Gasteiger partial charge in [0.05, 0.1) is 12.1 Å². The number of aromatic amines is 1. The number of aromatic nitrogens is 1. The van der Waals surface area contributed by atoms with Crippen molar-refractivity contribution in [3.8, 4) is 0 Å². The number of carboxylic acid groups (broad SMARTS) is 1. The van der Waals surface area contributed by atoms with Crippen molar-refractivity contribution in [1.82, 2.24) is 20.9 Å². The van der Waals surface area contributed by atoms with Crippen molar-refractivity contribution in [2.75, 3.05) is 6.54 Å². The number of hydrogen-bond donors (Lipinski definition) is 9. The molecule has 0 fully saturated rings. The first-order valence-corrected chi connectivity index (χ1v) is 13.1. The van der Waals surface area contributed by atoms with Crippen molar-refractivity contribution < 1.29 is 34.2 Å². The van der Waals surface area contributed by atoms with Gasteiger partial charge in [0.25, 0.3) is 0 Å². The molecule has 0 spiro atoms. The number of aliphatic hydroxyl groups is 1. The van der Waals surface area contributed by atoms with Gasteiger partial charge in [0.1, 0.15) is 12.1 Å². The van der Waals surface area contributed by atoms with Gasteiger partial charge in [-0.25, -0.2) is 4.79 Å². The first kappa shape index (κ1) is 32.2. The quantitative estimate of drug-likeness (QED) is 0.100. The Morgan fingerprint density at radius 1 is 0.950 bits per heavy atom. The Hall–Kier alpha value is -4.01. The lowest BCUT2D eigenvalue weighted by Crippen LogP contribution is -2.58. The average molecular weight is 562 g/mol. The van der Waals surface area contributed by atoms with Crippen LogP contribution in [0.5, 0.6) is 0 Å². The molecule has 14 heteroatoms. The third-order valence-corrected chi connectivity index (χ3v) is 6.39. The van der Waals surface area contributed by atoms with Crippen molar-refractivity contribution in [1.29, 1.82) is 0 Å². The number of benzene rings is 1. The standard InChI is InChI=1S/C26H39N7O7/c1-14(34)22(26(39)40)33-25(38)19(8-4-5-11-27)32-24(37)20(9-10-21(29)35)31-23(36)17(28)12-15-13-30-18-7-3-2-6-16(15)18/h2-3,6-7,13-14,17,19-20,22,30,34H,4-5,8-12,27-28H2,1H3,(H2,29,35)(H,31,36)(H,32,37)(H,33,38)(H,39,40). The highest BCUT2D eigenvalue weighted by Gasteiger charge is 2.32. The summed E-state index contributed by atoms with van der Waals surface area (Å²) in [5.74, 6) is -4.43. The van der Waals surface area contributed by atoms with Crippen molar-refractivity contribution in [3.05, 3.63) is 36.0 Å². The molecule has 1 aromatic carbocycles. The van der Waals surface area contributed by atoms with Crippen LogP contribution in [0.1, 0.15) is 44.6 Å². The Balaban J connectivity index is 2.16. The first-order chi connectivity index (χ1) is 18.9. The van der Waals surface area contributed by atoms with Gasteiger partial charge in [0.15, 0.2) is 6.04 Å². The van der Waals surface area contributed by atoms with E-state index in [-0.39, 0.29) is 25.7 Å². The molecule has 1 heterocycles. The van der Waals surface area contributed by atoms with Crippen LogP contribution in [0, 0.1) is 0 Å². The summed E-state index contributed by atoms with van der Waals surface area (Å²) in [7, 11) is 0. The fourth-order valence-electron chi connectivity index (χ4n) is 4.14. The van der Waals surface area contributed by atoms with Gasteiger partial charge in [-0.2, -0.15) is 0 Å². The van der Waals surface area contributed by atoms with Crippen molar-refractivity contribution in [3.63, 3.8) is 0 Å². The van der Waals surface area contributed by atoms with E-state index >= 15 is 0 Å². The Bertz CT molecular complexity index is 1180. The van der Waals surface area contributed by atoms with Crippen molar-refractivity contribution in [2.24, 2.45) is 17.2 Å². The number of nitrogens with two attached hydrogens (primary N) is 3. The third kappa shape index (κ3) is 9.63. The predicted molar refractivity (Wildman–Crippen MR) is 146 cm³/mol. The zero-order valence-corrected chi connectivity index (χ0v) is 22.4. The van der Waals surface area contributed by atoms with Gasteiger partial charge >= 0.3 is 5.97 Å². The summed E-state index contributed by atoms with van der Waals surface area (Å²) in [5, 5.41) is 27.2. The molecule has 5 unspecified atom stereocenters. The van der Waals surface area contributed by atoms with Crippen LogP contribution in [0.4, 0.5) is 0 Å². The zero-order valence-electron chi connectivity index (χ0n) is 22.4. The summed E-state index contributed by atoms with van der Waals surface area (Å²) in [6, 6.07) is 2.40. The zero-order chi connectivity index (χ0) is 29.8. The summed E-state index contributed by atoms with van der Waals surface area (Å²) < 4.78 is 0. The molecule has 14 nitrogen and oxygen atoms in total. The highest BCUT2D eigenvalue weighted by Crippen LogP contribution is 2.19. The number of carbonyl (C=O) groups excluding carboxylic acids is 4. The van der Waals surface area contributed by atoms with Gasteiger partial charge in [-0.3, -0.25) is 19.2 Å². The molecule has 0 bridgehead atoms. The average Bonchev–Trinajstić information content (AvgIpc) is 3.30. The summed E-state index contributed by atoms with van der Waals surface area (Å²) >= 11 is 0. The maximum Gasteiger partial charge on any atom is 0.328 e. The molecule has 0 radical (unpaired) electrons. The van der Waals surface area contributed by atoms with Gasteiger partial charge in [0.2, 0.25) is 23.6 Å². The van der Waals surface area contributed by atoms with E-state index in [0.29, 0.717) is 19.4 Å². The molecule has 1 aromatic heterocycles. The summed E-state index contributed by atoms with van der Waals surface area (Å²) in [5.41, 5.74) is 18.6. The molecule has 0 aliphatic rings. The van der Waals surface area contributed by atoms with Crippen LogP contribution in [0.2, 0.25) is 0 Å². The van der Waals surface area contributed by atoms with Crippen LogP contribution < -0.4 is 33.2 Å². The van der Waals surface area contributed by atoms with Crippen LogP contribution in [-0.4, -0.2) is 81.6 Å². The van der Waals surface area contributed by atoms with Gasteiger partial charge in [0, 0.05) is 23.5 Å². The topological polar surface area (TPSA) is 256 Å². The fraction of sp³-hybridized carbons (Fsp3) is 0.500. The molecule has 2 rings (SSSR count). The molecule has 40 heavy (non-hydrogen) atoms. The molecule has 4 amide bonds. The number of hydrogen-bond acceptors (Lipinski definition) is 8. The maximum atomic E-state index is 13.2. The largest absolute Gasteiger partial charge is 0.480 e. The minimum atomic E-state index is -1.60. The predicted octanol–water partition coefficient (Wildman–Crippen LogP) is -1.65. The lowest BCUT2D eigenvalue weighted by atomic mass is 10.0. The molecule has 2 aromatic rings. The number of aliphatic carboxylic acids is 1. The number of primary amides is 1. The minimum Gasteiger partial charge on any atom is -0.480 e. The van der Waals surface area contributed by atoms with E-state index in [4.69, 9.17) is 17.2 Å². The van der Waals surface area contributed by atoms with Gasteiger partial charge < -0.3 is 48.3 Å². The Labute approximate surface area is 231 Å². The first-order valence-electron chi connectivity index (χ1n) is 13.1. The Morgan fingerprint density at radius 3 is 2.20 bits per heavy atom. The van der Waals surface area contributed by atoms with Crippen LogP contribution in [0.15, 0.2) is 30.5 Å². The van der Waals surface area contributed by atoms with E-state index < -0.39 is 59.9 Å². The molecular formula is C26H39N7O7. The second-order valence-corrected chi connectivity index (χ2v) is 9.65. The van der Waals surface area contributed by atoms with Gasteiger partial charge in [-0.15, -0.1) is 0 Å². The molecule has 0 saturated carbocycles. The van der Waals surface area contributed by atoms with E-state index in [9.17, 15) is 34.2 Å². The van der Waals surface area contributed by atoms with E-state index in [0.717, 1.165) is 16.5 Å². The van der Waals surface area contributed by atoms with E-state index in [2.05, 4.69) is 20.9 Å². The smallest absolute Gasteiger partial charge is 0.328 e. The summed E-state index contributed by atoms with van der Waals surface area (Å²) in [4.78, 5) is 65.0. The van der Waals surface area contributed by atoms with Crippen molar-refractivity contribution in [2.45, 2.75) is 75.7 Å². The lowest BCUT2D eigenvalue weighted by molar-refractivity contribution is -0.145.